The zero-order chi connectivity index (χ0) is 18.5. The Hall–Kier alpha value is -2.79. The maximum atomic E-state index is 13.2. The molecule has 134 valence electrons. The predicted molar refractivity (Wildman–Crippen MR) is 95.4 cm³/mol. The van der Waals surface area contributed by atoms with Gasteiger partial charge in [0.05, 0.1) is 12.2 Å². The molecular weight excluding hydrogens is 336 g/mol. The molecule has 2 aromatic carbocycles. The van der Waals surface area contributed by atoms with Crippen LogP contribution < -0.4 is 5.32 Å². The first-order chi connectivity index (χ1) is 12.6. The normalized spacial score (nSPS) is 16.6. The van der Waals surface area contributed by atoms with Crippen molar-refractivity contribution in [3.05, 3.63) is 95.1 Å². The van der Waals surface area contributed by atoms with Gasteiger partial charge in [0.2, 0.25) is 0 Å². The van der Waals surface area contributed by atoms with E-state index in [0.29, 0.717) is 24.1 Å². The van der Waals surface area contributed by atoms with Gasteiger partial charge < -0.3 is 10.1 Å². The number of amides is 1. The molecule has 1 atom stereocenters. The van der Waals surface area contributed by atoms with Crippen LogP contribution in [0.2, 0.25) is 0 Å². The molecule has 1 heterocycles. The van der Waals surface area contributed by atoms with Crippen LogP contribution in [0.15, 0.2) is 72.3 Å². The van der Waals surface area contributed by atoms with Crippen molar-refractivity contribution in [2.75, 3.05) is 13.2 Å². The van der Waals surface area contributed by atoms with E-state index in [9.17, 15) is 13.6 Å². The van der Waals surface area contributed by atoms with E-state index in [1.807, 2.05) is 0 Å². The van der Waals surface area contributed by atoms with E-state index in [-0.39, 0.29) is 24.1 Å². The van der Waals surface area contributed by atoms with Crippen molar-refractivity contribution in [3.63, 3.8) is 0 Å². The third-order valence-electron chi connectivity index (χ3n) is 4.29. The average molecular weight is 355 g/mol. The molecule has 26 heavy (non-hydrogen) atoms. The molecule has 0 spiro atoms. The SMILES string of the molecule is C=CC1=C(C(=O)NCCc2ccc(F)cc2)C(c2ccc(F)cc2)OC1. The number of benzene rings is 2. The fraction of sp³-hybridized carbons (Fsp3) is 0.190. The number of ether oxygens (including phenoxy) is 1. The Bertz CT molecular complexity index is 826. The summed E-state index contributed by atoms with van der Waals surface area (Å²) < 4.78 is 31.8. The van der Waals surface area contributed by atoms with Gasteiger partial charge >= 0.3 is 0 Å². The zero-order valence-electron chi connectivity index (χ0n) is 14.2. The third kappa shape index (κ3) is 4.06. The maximum absolute atomic E-state index is 13.2. The molecule has 3 nitrogen and oxygen atoms in total. The van der Waals surface area contributed by atoms with Gasteiger partial charge in [0.25, 0.3) is 5.91 Å². The van der Waals surface area contributed by atoms with Crippen LogP contribution >= 0.6 is 0 Å². The Morgan fingerprint density at radius 1 is 1.12 bits per heavy atom. The van der Waals surface area contributed by atoms with E-state index in [1.54, 1.807) is 30.3 Å². The van der Waals surface area contributed by atoms with E-state index in [2.05, 4.69) is 11.9 Å². The van der Waals surface area contributed by atoms with Crippen LogP contribution in [0, 0.1) is 11.6 Å². The van der Waals surface area contributed by atoms with Crippen molar-refractivity contribution in [3.8, 4) is 0 Å². The summed E-state index contributed by atoms with van der Waals surface area (Å²) in [6.07, 6.45) is 1.65. The van der Waals surface area contributed by atoms with Gasteiger partial charge in [-0.25, -0.2) is 8.78 Å². The Kier molecular flexibility index (Phi) is 5.58. The molecule has 1 amide bonds. The number of halogens is 2. The van der Waals surface area contributed by atoms with Gasteiger partial charge in [-0.3, -0.25) is 4.79 Å². The molecule has 0 radical (unpaired) electrons. The second kappa shape index (κ2) is 8.06. The first-order valence-corrected chi connectivity index (χ1v) is 8.33. The van der Waals surface area contributed by atoms with Gasteiger partial charge in [0.1, 0.15) is 17.7 Å². The number of carbonyl (C=O) groups is 1. The van der Waals surface area contributed by atoms with Crippen molar-refractivity contribution in [1.29, 1.82) is 0 Å². The van der Waals surface area contributed by atoms with Crippen LogP contribution in [0.1, 0.15) is 17.2 Å². The summed E-state index contributed by atoms with van der Waals surface area (Å²) in [7, 11) is 0. The van der Waals surface area contributed by atoms with Crippen LogP contribution in [0.5, 0.6) is 0 Å². The second-order valence-corrected chi connectivity index (χ2v) is 6.02. The van der Waals surface area contributed by atoms with Crippen molar-refractivity contribution in [2.24, 2.45) is 0 Å². The molecule has 0 aromatic heterocycles. The van der Waals surface area contributed by atoms with E-state index < -0.39 is 6.10 Å². The summed E-state index contributed by atoms with van der Waals surface area (Å²) >= 11 is 0. The molecule has 1 aliphatic heterocycles. The topological polar surface area (TPSA) is 38.3 Å². The number of rotatable bonds is 6. The van der Waals surface area contributed by atoms with E-state index >= 15 is 0 Å². The second-order valence-electron chi connectivity index (χ2n) is 6.02. The molecule has 5 heteroatoms. The number of nitrogens with one attached hydrogen (secondary N) is 1. The molecule has 1 unspecified atom stereocenters. The van der Waals surface area contributed by atoms with Crippen molar-refractivity contribution < 1.29 is 18.3 Å². The molecule has 0 aliphatic carbocycles. The lowest BCUT2D eigenvalue weighted by Gasteiger charge is -2.15. The highest BCUT2D eigenvalue weighted by Crippen LogP contribution is 2.34. The van der Waals surface area contributed by atoms with Gasteiger partial charge in [-0.05, 0) is 47.4 Å². The number of hydrogen-bond donors (Lipinski definition) is 1. The first kappa shape index (κ1) is 18.0. The Balaban J connectivity index is 1.69. The predicted octanol–water partition coefficient (Wildman–Crippen LogP) is 3.88. The van der Waals surface area contributed by atoms with Gasteiger partial charge in [0.15, 0.2) is 0 Å². The maximum Gasteiger partial charge on any atom is 0.250 e. The highest BCUT2D eigenvalue weighted by atomic mass is 19.1. The monoisotopic (exact) mass is 355 g/mol. The standard InChI is InChI=1S/C21H19F2NO2/c1-2-15-13-26-20(16-5-9-18(23)10-6-16)19(15)21(25)24-12-11-14-3-7-17(22)8-4-14/h2-10,20H,1,11-13H2,(H,24,25). The van der Waals surface area contributed by atoms with Crippen LogP contribution in [-0.2, 0) is 16.0 Å². The van der Waals surface area contributed by atoms with Crippen molar-refractivity contribution in [1.82, 2.24) is 5.32 Å². The lowest BCUT2D eigenvalue weighted by molar-refractivity contribution is -0.118. The molecule has 0 fully saturated rings. The van der Waals surface area contributed by atoms with Crippen LogP contribution in [0.3, 0.4) is 0 Å². The third-order valence-corrected chi connectivity index (χ3v) is 4.29. The van der Waals surface area contributed by atoms with E-state index in [1.165, 1.54) is 24.3 Å². The molecule has 2 aromatic rings. The summed E-state index contributed by atoms with van der Waals surface area (Å²) in [5.41, 5.74) is 2.86. The van der Waals surface area contributed by atoms with Gasteiger partial charge in [-0.1, -0.05) is 36.9 Å². The summed E-state index contributed by atoms with van der Waals surface area (Å²) in [6, 6.07) is 12.1. The molecule has 0 saturated heterocycles. The highest BCUT2D eigenvalue weighted by Gasteiger charge is 2.31. The minimum absolute atomic E-state index is 0.242. The molecule has 1 N–H and O–H groups in total. The lowest BCUT2D eigenvalue weighted by atomic mass is 9.98. The molecule has 3 rings (SSSR count). The summed E-state index contributed by atoms with van der Waals surface area (Å²) in [5, 5.41) is 2.87. The van der Waals surface area contributed by atoms with Crippen LogP contribution in [0.25, 0.3) is 0 Å². The summed E-state index contributed by atoms with van der Waals surface area (Å²) in [5.74, 6) is -0.873. The molecule has 0 saturated carbocycles. The molecule has 0 bridgehead atoms. The Morgan fingerprint density at radius 3 is 2.35 bits per heavy atom. The zero-order valence-corrected chi connectivity index (χ0v) is 14.2. The smallest absolute Gasteiger partial charge is 0.250 e. The first-order valence-electron chi connectivity index (χ1n) is 8.33. The number of carbonyl (C=O) groups excluding carboxylic acids is 1. The lowest BCUT2D eigenvalue weighted by Crippen LogP contribution is -2.29. The largest absolute Gasteiger partial charge is 0.364 e. The molecular formula is C21H19F2NO2. The minimum atomic E-state index is -0.547. The van der Waals surface area contributed by atoms with Gasteiger partial charge in [0, 0.05) is 6.54 Å². The average Bonchev–Trinajstić information content (AvgIpc) is 3.08. The molecule has 1 aliphatic rings. The Morgan fingerprint density at radius 2 is 1.73 bits per heavy atom. The Labute approximate surface area is 151 Å². The number of hydrogen-bond acceptors (Lipinski definition) is 2. The van der Waals surface area contributed by atoms with E-state index in [4.69, 9.17) is 4.74 Å². The quantitative estimate of drug-likeness (QED) is 0.854. The fourth-order valence-electron chi connectivity index (χ4n) is 2.90. The van der Waals surface area contributed by atoms with Crippen LogP contribution in [-0.4, -0.2) is 19.1 Å². The van der Waals surface area contributed by atoms with Crippen molar-refractivity contribution >= 4 is 5.91 Å². The van der Waals surface area contributed by atoms with Gasteiger partial charge in [-0.15, -0.1) is 0 Å². The highest BCUT2D eigenvalue weighted by molar-refractivity contribution is 5.96. The van der Waals surface area contributed by atoms with Crippen molar-refractivity contribution in [2.45, 2.75) is 12.5 Å². The fourth-order valence-corrected chi connectivity index (χ4v) is 2.90. The summed E-state index contributed by atoms with van der Waals surface area (Å²) in [6.45, 7) is 4.44. The van der Waals surface area contributed by atoms with E-state index in [0.717, 1.165) is 11.1 Å². The minimum Gasteiger partial charge on any atom is -0.364 e. The summed E-state index contributed by atoms with van der Waals surface area (Å²) in [4.78, 5) is 12.7. The van der Waals surface area contributed by atoms with Crippen LogP contribution in [0.4, 0.5) is 8.78 Å². The van der Waals surface area contributed by atoms with Gasteiger partial charge in [-0.2, -0.15) is 0 Å².